The first-order chi connectivity index (χ1) is 11.1. The van der Waals surface area contributed by atoms with E-state index in [-0.39, 0.29) is 5.91 Å². The molecule has 0 spiro atoms. The molecule has 0 aromatic heterocycles. The van der Waals surface area contributed by atoms with Gasteiger partial charge in [-0.25, -0.2) is 4.39 Å². The molecule has 23 heavy (non-hydrogen) atoms. The Morgan fingerprint density at radius 1 is 1.04 bits per heavy atom. The number of nitrogens with one attached hydrogen (secondary N) is 1. The third-order valence-corrected chi connectivity index (χ3v) is 3.86. The van der Waals surface area contributed by atoms with E-state index in [1.165, 1.54) is 23.8 Å². The van der Waals surface area contributed by atoms with Gasteiger partial charge in [-0.15, -0.1) is 0 Å². The van der Waals surface area contributed by atoms with E-state index < -0.39 is 5.82 Å². The molecule has 0 aliphatic rings. The molecule has 0 heterocycles. The van der Waals surface area contributed by atoms with Gasteiger partial charge in [-0.2, -0.15) is 0 Å². The van der Waals surface area contributed by atoms with Crippen LogP contribution in [0.3, 0.4) is 0 Å². The monoisotopic (exact) mass is 314 g/mol. The van der Waals surface area contributed by atoms with Crippen molar-refractivity contribution in [3.05, 3.63) is 71.0 Å². The van der Waals surface area contributed by atoms with Crippen LogP contribution in [0.25, 0.3) is 0 Å². The second-order valence-corrected chi connectivity index (χ2v) is 5.47. The number of carbonyl (C=O) groups excluding carboxylic acids is 1. The molecule has 1 amide bonds. The molecule has 2 aromatic carbocycles. The highest BCUT2D eigenvalue weighted by atomic mass is 19.1. The van der Waals surface area contributed by atoms with Crippen LogP contribution in [-0.2, 0) is 13.1 Å². The van der Waals surface area contributed by atoms with Crippen LogP contribution in [0.5, 0.6) is 0 Å². The van der Waals surface area contributed by atoms with E-state index in [2.05, 4.69) is 36.2 Å². The maximum Gasteiger partial charge on any atom is 0.251 e. The molecule has 0 fully saturated rings. The summed E-state index contributed by atoms with van der Waals surface area (Å²) in [6.07, 6.45) is 0. The highest BCUT2D eigenvalue weighted by Gasteiger charge is 2.06. The van der Waals surface area contributed by atoms with Gasteiger partial charge in [0, 0.05) is 18.7 Å². The summed E-state index contributed by atoms with van der Waals surface area (Å²) in [4.78, 5) is 14.3. The predicted molar refractivity (Wildman–Crippen MR) is 90.6 cm³/mol. The Bertz CT molecular complexity index is 636. The van der Waals surface area contributed by atoms with Crippen LogP contribution in [0.15, 0.2) is 48.5 Å². The van der Waals surface area contributed by atoms with Crippen LogP contribution in [0.1, 0.15) is 35.3 Å². The zero-order valence-corrected chi connectivity index (χ0v) is 13.7. The summed E-state index contributed by atoms with van der Waals surface area (Å²) in [5, 5.41) is 2.81. The first kappa shape index (κ1) is 17.2. The molecule has 1 N–H and O–H groups in total. The lowest BCUT2D eigenvalue weighted by atomic mass is 10.1. The Balaban J connectivity index is 1.90. The average molecular weight is 314 g/mol. The molecule has 3 nitrogen and oxygen atoms in total. The highest BCUT2D eigenvalue weighted by molar-refractivity contribution is 5.94. The Hall–Kier alpha value is -2.20. The molecule has 0 atom stereocenters. The third-order valence-electron chi connectivity index (χ3n) is 3.86. The lowest BCUT2D eigenvalue weighted by Gasteiger charge is -2.18. The summed E-state index contributed by atoms with van der Waals surface area (Å²) in [6.45, 7) is 7.73. The summed E-state index contributed by atoms with van der Waals surface area (Å²) in [6, 6.07) is 13.9. The molecule has 0 aliphatic heterocycles. The molecule has 122 valence electrons. The molecule has 0 saturated carbocycles. The van der Waals surface area contributed by atoms with Gasteiger partial charge in [-0.05, 0) is 42.4 Å². The van der Waals surface area contributed by atoms with Crippen LogP contribution < -0.4 is 5.32 Å². The standard InChI is InChI=1S/C19H23FN2O/c1-3-22(4-2)14-16-10-8-15(9-11-16)13-21-19(23)17-6-5-7-18(20)12-17/h5-12H,3-4,13-14H2,1-2H3,(H,21,23). The molecule has 0 unspecified atom stereocenters. The van der Waals surface area contributed by atoms with Crippen molar-refractivity contribution < 1.29 is 9.18 Å². The van der Waals surface area contributed by atoms with E-state index in [4.69, 9.17) is 0 Å². The summed E-state index contributed by atoms with van der Waals surface area (Å²) in [5.41, 5.74) is 2.62. The molecule has 0 bridgehead atoms. The molecule has 0 aliphatic carbocycles. The van der Waals surface area contributed by atoms with Gasteiger partial charge in [0.15, 0.2) is 0 Å². The number of rotatable bonds is 7. The van der Waals surface area contributed by atoms with Gasteiger partial charge >= 0.3 is 0 Å². The fourth-order valence-electron chi connectivity index (χ4n) is 2.38. The summed E-state index contributed by atoms with van der Waals surface area (Å²) in [5.74, 6) is -0.671. The zero-order chi connectivity index (χ0) is 16.7. The molecule has 2 rings (SSSR count). The van der Waals surface area contributed by atoms with Gasteiger partial charge in [0.1, 0.15) is 5.82 Å². The lowest BCUT2D eigenvalue weighted by Crippen LogP contribution is -2.23. The van der Waals surface area contributed by atoms with Crippen molar-refractivity contribution >= 4 is 5.91 Å². The van der Waals surface area contributed by atoms with Crippen LogP contribution in [0.4, 0.5) is 4.39 Å². The minimum Gasteiger partial charge on any atom is -0.348 e. The van der Waals surface area contributed by atoms with Gasteiger partial charge in [0.05, 0.1) is 0 Å². The second kappa shape index (κ2) is 8.44. The topological polar surface area (TPSA) is 32.3 Å². The van der Waals surface area contributed by atoms with Crippen molar-refractivity contribution in [1.29, 1.82) is 0 Å². The van der Waals surface area contributed by atoms with E-state index in [1.807, 2.05) is 12.1 Å². The first-order valence-corrected chi connectivity index (χ1v) is 7.96. The lowest BCUT2D eigenvalue weighted by molar-refractivity contribution is 0.0950. The van der Waals surface area contributed by atoms with Crippen molar-refractivity contribution in [3.63, 3.8) is 0 Å². The van der Waals surface area contributed by atoms with Crippen molar-refractivity contribution in [2.45, 2.75) is 26.9 Å². The third kappa shape index (κ3) is 5.18. The smallest absolute Gasteiger partial charge is 0.251 e. The minimum atomic E-state index is -0.404. The number of nitrogens with zero attached hydrogens (tertiary/aromatic N) is 1. The maximum absolute atomic E-state index is 13.1. The number of hydrogen-bond acceptors (Lipinski definition) is 2. The normalized spacial score (nSPS) is 10.8. The van der Waals surface area contributed by atoms with E-state index in [0.29, 0.717) is 12.1 Å². The van der Waals surface area contributed by atoms with Crippen molar-refractivity contribution in [3.8, 4) is 0 Å². The van der Waals surface area contributed by atoms with Crippen molar-refractivity contribution in [1.82, 2.24) is 10.2 Å². The second-order valence-electron chi connectivity index (χ2n) is 5.47. The highest BCUT2D eigenvalue weighted by Crippen LogP contribution is 2.08. The molecular weight excluding hydrogens is 291 g/mol. The average Bonchev–Trinajstić information content (AvgIpc) is 2.58. The first-order valence-electron chi connectivity index (χ1n) is 7.96. The maximum atomic E-state index is 13.1. The molecular formula is C19H23FN2O. The quantitative estimate of drug-likeness (QED) is 0.847. The fourth-order valence-corrected chi connectivity index (χ4v) is 2.38. The molecule has 0 saturated heterocycles. The van der Waals surface area contributed by atoms with Crippen LogP contribution in [0.2, 0.25) is 0 Å². The molecule has 0 radical (unpaired) electrons. The van der Waals surface area contributed by atoms with Gasteiger partial charge < -0.3 is 5.32 Å². The predicted octanol–water partition coefficient (Wildman–Crippen LogP) is 3.60. The number of halogens is 1. The summed E-state index contributed by atoms with van der Waals surface area (Å²) < 4.78 is 13.1. The molecule has 4 heteroatoms. The Morgan fingerprint density at radius 2 is 1.70 bits per heavy atom. The Kier molecular flexibility index (Phi) is 6.29. The van der Waals surface area contributed by atoms with Gasteiger partial charge in [0.25, 0.3) is 5.91 Å². The number of carbonyl (C=O) groups is 1. The van der Waals surface area contributed by atoms with E-state index in [1.54, 1.807) is 6.07 Å². The van der Waals surface area contributed by atoms with Gasteiger partial charge in [-0.1, -0.05) is 44.2 Å². The van der Waals surface area contributed by atoms with Gasteiger partial charge in [0.2, 0.25) is 0 Å². The van der Waals surface area contributed by atoms with Crippen LogP contribution >= 0.6 is 0 Å². The fraction of sp³-hybridized carbons (Fsp3) is 0.316. The van der Waals surface area contributed by atoms with E-state index in [0.717, 1.165) is 25.2 Å². The van der Waals surface area contributed by atoms with E-state index in [9.17, 15) is 9.18 Å². The number of benzene rings is 2. The Labute approximate surface area is 137 Å². The van der Waals surface area contributed by atoms with Gasteiger partial charge in [-0.3, -0.25) is 9.69 Å². The minimum absolute atomic E-state index is 0.267. The molecule has 2 aromatic rings. The number of amides is 1. The summed E-state index contributed by atoms with van der Waals surface area (Å²) >= 11 is 0. The van der Waals surface area contributed by atoms with Crippen LogP contribution in [-0.4, -0.2) is 23.9 Å². The number of hydrogen-bond donors (Lipinski definition) is 1. The SMILES string of the molecule is CCN(CC)Cc1ccc(CNC(=O)c2cccc(F)c2)cc1. The van der Waals surface area contributed by atoms with Crippen molar-refractivity contribution in [2.75, 3.05) is 13.1 Å². The zero-order valence-electron chi connectivity index (χ0n) is 13.7. The Morgan fingerprint density at radius 3 is 2.30 bits per heavy atom. The van der Waals surface area contributed by atoms with E-state index >= 15 is 0 Å². The van der Waals surface area contributed by atoms with Crippen molar-refractivity contribution in [2.24, 2.45) is 0 Å². The largest absolute Gasteiger partial charge is 0.348 e. The van der Waals surface area contributed by atoms with Crippen LogP contribution in [0, 0.1) is 5.82 Å². The summed E-state index contributed by atoms with van der Waals surface area (Å²) in [7, 11) is 0.